The minimum Gasteiger partial charge on any atom is -0.497 e. The Hall–Kier alpha value is -4.01. The largest absolute Gasteiger partial charge is 0.497 e. The number of carbonyl (C=O) groups is 1. The van der Waals surface area contributed by atoms with Gasteiger partial charge in [0.25, 0.3) is 5.91 Å². The average molecular weight is 423 g/mol. The first-order chi connectivity index (χ1) is 15.0. The molecule has 0 bridgehead atoms. The maximum atomic E-state index is 13.9. The quantitative estimate of drug-likeness (QED) is 0.495. The highest BCUT2D eigenvalue weighted by Crippen LogP contribution is 2.17. The molecule has 0 spiro atoms. The molecule has 4 rings (SSSR count). The van der Waals surface area contributed by atoms with Crippen LogP contribution < -0.4 is 10.1 Å². The van der Waals surface area contributed by atoms with Crippen molar-refractivity contribution < 1.29 is 18.3 Å². The lowest BCUT2D eigenvalue weighted by Gasteiger charge is -2.10. The standard InChI is InChI=1S/C22H19F2N5O2/c1-31-18-8-4-15(5-9-18)14-29-22(28-10-2-3-11-28)20(26-27-29)21(30)25-13-16-6-7-17(23)12-19(16)24/h2-12H,13-14H2,1H3,(H,25,30). The Morgan fingerprint density at radius 2 is 1.84 bits per heavy atom. The molecule has 0 atom stereocenters. The van der Waals surface area contributed by atoms with Crippen LogP contribution in [0.2, 0.25) is 0 Å². The van der Waals surface area contributed by atoms with Gasteiger partial charge in [-0.25, -0.2) is 13.5 Å². The number of hydrogen-bond acceptors (Lipinski definition) is 4. The lowest BCUT2D eigenvalue weighted by atomic mass is 10.2. The number of benzene rings is 2. The molecule has 0 unspecified atom stereocenters. The molecule has 0 radical (unpaired) electrons. The van der Waals surface area contributed by atoms with E-state index in [1.54, 1.807) is 28.8 Å². The van der Waals surface area contributed by atoms with Gasteiger partial charge < -0.3 is 14.6 Å². The number of hydrogen-bond donors (Lipinski definition) is 1. The predicted octanol–water partition coefficient (Wildman–Crippen LogP) is 3.33. The van der Waals surface area contributed by atoms with E-state index in [4.69, 9.17) is 4.74 Å². The third kappa shape index (κ3) is 4.45. The molecule has 31 heavy (non-hydrogen) atoms. The molecule has 1 N–H and O–H groups in total. The Balaban J connectivity index is 1.59. The molecular formula is C22H19F2N5O2. The molecule has 0 saturated heterocycles. The summed E-state index contributed by atoms with van der Waals surface area (Å²) in [4.78, 5) is 12.8. The van der Waals surface area contributed by atoms with E-state index in [0.29, 0.717) is 12.4 Å². The van der Waals surface area contributed by atoms with E-state index in [1.165, 1.54) is 6.07 Å². The second-order valence-corrected chi connectivity index (χ2v) is 6.78. The SMILES string of the molecule is COc1ccc(Cn2nnc(C(=O)NCc3ccc(F)cc3F)c2-n2cccc2)cc1. The normalized spacial score (nSPS) is 10.8. The van der Waals surface area contributed by atoms with Crippen LogP contribution in [-0.2, 0) is 13.1 Å². The van der Waals surface area contributed by atoms with Crippen LogP contribution in [0.4, 0.5) is 8.78 Å². The van der Waals surface area contributed by atoms with Crippen molar-refractivity contribution in [1.82, 2.24) is 24.9 Å². The molecule has 2 aromatic heterocycles. The van der Waals surface area contributed by atoms with Crippen LogP contribution in [0.5, 0.6) is 5.75 Å². The fourth-order valence-corrected chi connectivity index (χ4v) is 3.12. The number of rotatable bonds is 7. The number of carbonyl (C=O) groups excluding carboxylic acids is 1. The zero-order valence-corrected chi connectivity index (χ0v) is 16.6. The van der Waals surface area contributed by atoms with Gasteiger partial charge in [0.2, 0.25) is 0 Å². The summed E-state index contributed by atoms with van der Waals surface area (Å²) in [7, 11) is 1.60. The van der Waals surface area contributed by atoms with Gasteiger partial charge in [-0.1, -0.05) is 23.4 Å². The van der Waals surface area contributed by atoms with Gasteiger partial charge in [0, 0.05) is 30.6 Å². The Kier molecular flexibility index (Phi) is 5.74. The van der Waals surface area contributed by atoms with Crippen molar-refractivity contribution in [3.05, 3.63) is 95.4 Å². The van der Waals surface area contributed by atoms with Crippen molar-refractivity contribution in [2.45, 2.75) is 13.1 Å². The summed E-state index contributed by atoms with van der Waals surface area (Å²) < 4.78 is 35.5. The molecule has 158 valence electrons. The number of nitrogens with one attached hydrogen (secondary N) is 1. The van der Waals surface area contributed by atoms with Crippen LogP contribution in [-0.4, -0.2) is 32.6 Å². The lowest BCUT2D eigenvalue weighted by molar-refractivity contribution is 0.0945. The van der Waals surface area contributed by atoms with Gasteiger partial charge in [0.05, 0.1) is 13.7 Å². The second-order valence-electron chi connectivity index (χ2n) is 6.78. The van der Waals surface area contributed by atoms with E-state index >= 15 is 0 Å². The molecule has 2 aromatic carbocycles. The summed E-state index contributed by atoms with van der Waals surface area (Å²) in [5.41, 5.74) is 1.20. The molecule has 7 nitrogen and oxygen atoms in total. The first-order valence-electron chi connectivity index (χ1n) is 9.47. The number of halogens is 2. The van der Waals surface area contributed by atoms with Crippen LogP contribution in [0, 0.1) is 11.6 Å². The zero-order valence-electron chi connectivity index (χ0n) is 16.6. The minimum absolute atomic E-state index is 0.0900. The Bertz CT molecular complexity index is 1190. The van der Waals surface area contributed by atoms with Crippen molar-refractivity contribution in [2.75, 3.05) is 7.11 Å². The van der Waals surface area contributed by atoms with Gasteiger partial charge in [0.1, 0.15) is 17.4 Å². The fourth-order valence-electron chi connectivity index (χ4n) is 3.12. The molecule has 0 aliphatic heterocycles. The minimum atomic E-state index is -0.728. The number of ether oxygens (including phenoxy) is 1. The highest BCUT2D eigenvalue weighted by atomic mass is 19.1. The molecule has 1 amide bonds. The topological polar surface area (TPSA) is 74.0 Å². The first-order valence-corrected chi connectivity index (χ1v) is 9.47. The lowest BCUT2D eigenvalue weighted by Crippen LogP contribution is -2.25. The van der Waals surface area contributed by atoms with E-state index < -0.39 is 17.5 Å². The Morgan fingerprint density at radius 3 is 2.52 bits per heavy atom. The molecule has 9 heteroatoms. The van der Waals surface area contributed by atoms with E-state index in [1.807, 2.05) is 36.4 Å². The number of methoxy groups -OCH3 is 1. The van der Waals surface area contributed by atoms with Crippen LogP contribution in [0.3, 0.4) is 0 Å². The first kappa shape index (κ1) is 20.3. The fraction of sp³-hybridized carbons (Fsp3) is 0.136. The molecule has 0 fully saturated rings. The van der Waals surface area contributed by atoms with E-state index in [0.717, 1.165) is 23.4 Å². The van der Waals surface area contributed by atoms with Crippen molar-refractivity contribution in [2.24, 2.45) is 0 Å². The monoisotopic (exact) mass is 423 g/mol. The molecule has 0 saturated carbocycles. The van der Waals surface area contributed by atoms with Gasteiger partial charge in [-0.2, -0.15) is 0 Å². The maximum Gasteiger partial charge on any atom is 0.276 e. The van der Waals surface area contributed by atoms with Crippen LogP contribution in [0.1, 0.15) is 21.6 Å². The molecule has 4 aromatic rings. The smallest absolute Gasteiger partial charge is 0.276 e. The number of aromatic nitrogens is 4. The van der Waals surface area contributed by atoms with Crippen LogP contribution in [0.15, 0.2) is 67.0 Å². The van der Waals surface area contributed by atoms with Crippen LogP contribution in [0.25, 0.3) is 5.82 Å². The van der Waals surface area contributed by atoms with Gasteiger partial charge in [0.15, 0.2) is 11.5 Å². The summed E-state index contributed by atoms with van der Waals surface area (Å²) >= 11 is 0. The predicted molar refractivity (Wildman–Crippen MR) is 109 cm³/mol. The summed E-state index contributed by atoms with van der Waals surface area (Å²) in [6.07, 6.45) is 3.55. The van der Waals surface area contributed by atoms with Gasteiger partial charge in [-0.3, -0.25) is 4.79 Å². The van der Waals surface area contributed by atoms with Crippen molar-refractivity contribution >= 4 is 5.91 Å². The summed E-state index contributed by atoms with van der Waals surface area (Å²) in [5, 5.41) is 10.8. The van der Waals surface area contributed by atoms with Gasteiger partial charge >= 0.3 is 0 Å². The van der Waals surface area contributed by atoms with E-state index in [2.05, 4.69) is 15.6 Å². The summed E-state index contributed by atoms with van der Waals surface area (Å²) in [5.74, 6) is -0.717. The Labute approximate surface area is 176 Å². The van der Waals surface area contributed by atoms with E-state index in [-0.39, 0.29) is 17.8 Å². The number of amides is 1. The number of nitrogens with zero attached hydrogens (tertiary/aromatic N) is 4. The maximum absolute atomic E-state index is 13.9. The molecule has 0 aliphatic carbocycles. The summed E-state index contributed by atoms with van der Waals surface area (Å²) in [6, 6.07) is 14.3. The van der Waals surface area contributed by atoms with Gasteiger partial charge in [-0.05, 0) is 35.9 Å². The molecule has 2 heterocycles. The summed E-state index contributed by atoms with van der Waals surface area (Å²) in [6.45, 7) is 0.270. The average Bonchev–Trinajstić information content (AvgIpc) is 3.43. The second kappa shape index (κ2) is 8.78. The van der Waals surface area contributed by atoms with Crippen LogP contribution >= 0.6 is 0 Å². The van der Waals surface area contributed by atoms with Crippen molar-refractivity contribution in [3.8, 4) is 11.6 Å². The highest BCUT2D eigenvalue weighted by Gasteiger charge is 2.21. The Morgan fingerprint density at radius 1 is 1.10 bits per heavy atom. The highest BCUT2D eigenvalue weighted by molar-refractivity contribution is 5.95. The molecule has 0 aliphatic rings. The van der Waals surface area contributed by atoms with E-state index in [9.17, 15) is 13.6 Å². The molecular weight excluding hydrogens is 404 g/mol. The van der Waals surface area contributed by atoms with Crippen molar-refractivity contribution in [1.29, 1.82) is 0 Å². The third-order valence-electron chi connectivity index (χ3n) is 4.72. The zero-order chi connectivity index (χ0) is 21.8. The van der Waals surface area contributed by atoms with Gasteiger partial charge in [-0.15, -0.1) is 5.10 Å². The third-order valence-corrected chi connectivity index (χ3v) is 4.72. The van der Waals surface area contributed by atoms with Crippen molar-refractivity contribution in [3.63, 3.8) is 0 Å².